The van der Waals surface area contributed by atoms with Gasteiger partial charge in [-0.2, -0.15) is 11.8 Å². The zero-order chi connectivity index (χ0) is 15.0. The van der Waals surface area contributed by atoms with Crippen molar-refractivity contribution in [3.63, 3.8) is 0 Å². The van der Waals surface area contributed by atoms with Crippen molar-refractivity contribution in [3.8, 4) is 5.75 Å². The Kier molecular flexibility index (Phi) is 7.47. The highest BCUT2D eigenvalue weighted by atomic mass is 32.2. The van der Waals surface area contributed by atoms with Crippen molar-refractivity contribution in [2.75, 3.05) is 20.0 Å². The van der Waals surface area contributed by atoms with Crippen molar-refractivity contribution < 1.29 is 14.6 Å². The lowest BCUT2D eigenvalue weighted by molar-refractivity contribution is -0.121. The van der Waals surface area contributed by atoms with Crippen molar-refractivity contribution in [2.45, 2.75) is 31.1 Å². The average Bonchev–Trinajstić information content (AvgIpc) is 2.47. The van der Waals surface area contributed by atoms with Crippen LogP contribution >= 0.6 is 11.8 Å². The molecule has 0 radical (unpaired) electrons. The molecule has 0 saturated heterocycles. The minimum absolute atomic E-state index is 0.0146. The molecule has 0 aromatic heterocycles. The highest BCUT2D eigenvalue weighted by molar-refractivity contribution is 7.99. The maximum atomic E-state index is 11.9. The van der Waals surface area contributed by atoms with Gasteiger partial charge in [-0.3, -0.25) is 4.79 Å². The quantitative estimate of drug-likeness (QED) is 0.769. The molecule has 1 aromatic rings. The molecule has 0 fully saturated rings. The van der Waals surface area contributed by atoms with Crippen LogP contribution in [-0.2, 0) is 11.2 Å². The van der Waals surface area contributed by atoms with Crippen molar-refractivity contribution in [3.05, 3.63) is 29.8 Å². The zero-order valence-electron chi connectivity index (χ0n) is 12.3. The summed E-state index contributed by atoms with van der Waals surface area (Å²) in [5, 5.41) is 12.2. The minimum Gasteiger partial charge on any atom is -0.497 e. The number of hydrogen-bond acceptors (Lipinski definition) is 4. The molecule has 4 nitrogen and oxygen atoms in total. The summed E-state index contributed by atoms with van der Waals surface area (Å²) in [6, 6.07) is 7.69. The van der Waals surface area contributed by atoms with Gasteiger partial charge >= 0.3 is 0 Å². The van der Waals surface area contributed by atoms with E-state index < -0.39 is 0 Å². The second-order valence-electron chi connectivity index (χ2n) is 4.66. The number of nitrogens with one attached hydrogen (secondary N) is 1. The van der Waals surface area contributed by atoms with E-state index in [2.05, 4.69) is 5.32 Å². The van der Waals surface area contributed by atoms with Gasteiger partial charge in [0, 0.05) is 17.7 Å². The maximum Gasteiger partial charge on any atom is 0.220 e. The van der Waals surface area contributed by atoms with E-state index in [-0.39, 0.29) is 23.8 Å². The molecule has 2 atom stereocenters. The number of ether oxygens (including phenoxy) is 1. The Morgan fingerprint density at radius 2 is 2.05 bits per heavy atom. The lowest BCUT2D eigenvalue weighted by Crippen LogP contribution is -2.41. The maximum absolute atomic E-state index is 11.9. The first kappa shape index (κ1) is 16.9. The summed E-state index contributed by atoms with van der Waals surface area (Å²) in [5.74, 6) is 0.832. The molecule has 0 aliphatic heterocycles. The topological polar surface area (TPSA) is 58.6 Å². The molecule has 5 heteroatoms. The number of hydrogen-bond donors (Lipinski definition) is 2. The summed E-state index contributed by atoms with van der Waals surface area (Å²) in [6.07, 6.45) is 3.08. The van der Waals surface area contributed by atoms with Gasteiger partial charge in [-0.05, 0) is 37.3 Å². The zero-order valence-corrected chi connectivity index (χ0v) is 13.1. The number of carbonyl (C=O) groups is 1. The fraction of sp³-hybridized carbons (Fsp3) is 0.533. The molecule has 112 valence electrons. The minimum atomic E-state index is -0.0293. The van der Waals surface area contributed by atoms with Gasteiger partial charge in [0.25, 0.3) is 0 Å². The van der Waals surface area contributed by atoms with Crippen LogP contribution in [0.3, 0.4) is 0 Å². The predicted molar refractivity (Wildman–Crippen MR) is 83.3 cm³/mol. The van der Waals surface area contributed by atoms with E-state index in [4.69, 9.17) is 4.74 Å². The summed E-state index contributed by atoms with van der Waals surface area (Å²) in [6.45, 7) is 1.99. The number of thioether (sulfide) groups is 1. The van der Waals surface area contributed by atoms with Gasteiger partial charge in [0.1, 0.15) is 5.75 Å². The van der Waals surface area contributed by atoms with E-state index in [0.29, 0.717) is 12.8 Å². The Bertz CT molecular complexity index is 404. The van der Waals surface area contributed by atoms with Crippen LogP contribution in [0, 0.1) is 0 Å². The van der Waals surface area contributed by atoms with Crippen LogP contribution in [0.2, 0.25) is 0 Å². The van der Waals surface area contributed by atoms with Crippen LogP contribution in [-0.4, -0.2) is 42.3 Å². The fourth-order valence-electron chi connectivity index (χ4n) is 1.91. The Morgan fingerprint density at radius 1 is 1.40 bits per heavy atom. The molecule has 2 N–H and O–H groups in total. The van der Waals surface area contributed by atoms with Gasteiger partial charge < -0.3 is 15.2 Å². The molecule has 0 bridgehead atoms. The first-order valence-corrected chi connectivity index (χ1v) is 7.95. The monoisotopic (exact) mass is 297 g/mol. The van der Waals surface area contributed by atoms with Gasteiger partial charge in [0.05, 0.1) is 13.7 Å². The number of aliphatic hydroxyl groups excluding tert-OH is 1. The van der Waals surface area contributed by atoms with E-state index in [1.54, 1.807) is 18.9 Å². The average molecular weight is 297 g/mol. The van der Waals surface area contributed by atoms with Gasteiger partial charge in [0.2, 0.25) is 5.91 Å². The van der Waals surface area contributed by atoms with Crippen LogP contribution in [0.25, 0.3) is 0 Å². The smallest absolute Gasteiger partial charge is 0.220 e. The molecule has 2 unspecified atom stereocenters. The molecule has 20 heavy (non-hydrogen) atoms. The lowest BCUT2D eigenvalue weighted by atomic mass is 10.1. The summed E-state index contributed by atoms with van der Waals surface area (Å²) >= 11 is 1.56. The molecule has 0 saturated carbocycles. The molecule has 1 rings (SSSR count). The summed E-state index contributed by atoms with van der Waals surface area (Å²) in [7, 11) is 1.63. The lowest BCUT2D eigenvalue weighted by Gasteiger charge is -2.21. The van der Waals surface area contributed by atoms with Crippen LogP contribution in [0.5, 0.6) is 5.75 Å². The Balaban J connectivity index is 2.38. The summed E-state index contributed by atoms with van der Waals surface area (Å²) in [4.78, 5) is 11.9. The van der Waals surface area contributed by atoms with E-state index in [1.165, 1.54) is 0 Å². The number of rotatable bonds is 8. The van der Waals surface area contributed by atoms with E-state index in [9.17, 15) is 9.90 Å². The Hall–Kier alpha value is -1.20. The van der Waals surface area contributed by atoms with Crippen molar-refractivity contribution in [2.24, 2.45) is 0 Å². The van der Waals surface area contributed by atoms with Crippen molar-refractivity contribution >= 4 is 17.7 Å². The number of aryl methyl sites for hydroxylation is 1. The molecule has 0 aliphatic carbocycles. The standard InChI is InChI=1S/C15H23NO3S/c1-11(14(10-17)20-3)16-15(18)9-6-12-4-7-13(19-2)8-5-12/h4-5,7-8,11,14,17H,6,9-10H2,1-3H3,(H,16,18). The molecular formula is C15H23NO3S. The van der Waals surface area contributed by atoms with Crippen LogP contribution in [0.15, 0.2) is 24.3 Å². The SMILES string of the molecule is COc1ccc(CCC(=O)NC(C)C(CO)SC)cc1. The second kappa shape index (κ2) is 8.87. The van der Waals surface area contributed by atoms with Crippen LogP contribution in [0.1, 0.15) is 18.9 Å². The predicted octanol–water partition coefficient (Wildman–Crippen LogP) is 1.86. The van der Waals surface area contributed by atoms with Crippen molar-refractivity contribution in [1.29, 1.82) is 0 Å². The molecule has 0 spiro atoms. The Labute approximate surface area is 124 Å². The van der Waals surface area contributed by atoms with Crippen LogP contribution in [0.4, 0.5) is 0 Å². The van der Waals surface area contributed by atoms with Gasteiger partial charge in [-0.25, -0.2) is 0 Å². The number of aliphatic hydroxyl groups is 1. The summed E-state index contributed by atoms with van der Waals surface area (Å²) in [5.41, 5.74) is 1.11. The van der Waals surface area contributed by atoms with Crippen LogP contribution < -0.4 is 10.1 Å². The normalized spacial score (nSPS) is 13.6. The molecule has 1 amide bonds. The third-order valence-electron chi connectivity index (χ3n) is 3.23. The van der Waals surface area contributed by atoms with Gasteiger partial charge in [-0.15, -0.1) is 0 Å². The molecule has 1 aromatic carbocycles. The van der Waals surface area contributed by atoms with Gasteiger partial charge in [0.15, 0.2) is 0 Å². The number of methoxy groups -OCH3 is 1. The number of amides is 1. The highest BCUT2D eigenvalue weighted by Gasteiger charge is 2.17. The molecular weight excluding hydrogens is 274 g/mol. The third-order valence-corrected chi connectivity index (χ3v) is 4.39. The second-order valence-corrected chi connectivity index (χ2v) is 5.74. The first-order valence-electron chi connectivity index (χ1n) is 6.66. The Morgan fingerprint density at radius 3 is 2.55 bits per heavy atom. The largest absolute Gasteiger partial charge is 0.497 e. The number of carbonyl (C=O) groups excluding carboxylic acids is 1. The highest BCUT2D eigenvalue weighted by Crippen LogP contribution is 2.13. The molecule has 0 heterocycles. The van der Waals surface area contributed by atoms with Crippen molar-refractivity contribution in [1.82, 2.24) is 5.32 Å². The van der Waals surface area contributed by atoms with Gasteiger partial charge in [-0.1, -0.05) is 12.1 Å². The van der Waals surface area contributed by atoms with E-state index in [0.717, 1.165) is 11.3 Å². The first-order chi connectivity index (χ1) is 9.60. The third kappa shape index (κ3) is 5.43. The van der Waals surface area contributed by atoms with E-state index >= 15 is 0 Å². The van der Waals surface area contributed by atoms with E-state index in [1.807, 2.05) is 37.4 Å². The molecule has 0 aliphatic rings. The number of benzene rings is 1. The summed E-state index contributed by atoms with van der Waals surface area (Å²) < 4.78 is 5.09. The fourth-order valence-corrected chi connectivity index (χ4v) is 2.53.